The van der Waals surface area contributed by atoms with Crippen molar-refractivity contribution in [2.75, 3.05) is 59.0 Å². The van der Waals surface area contributed by atoms with Crippen LogP contribution in [-0.2, 0) is 10.3 Å². The van der Waals surface area contributed by atoms with Gasteiger partial charge in [0.2, 0.25) is 5.88 Å². The molecular formula is C38H43N3O3. The molecule has 1 aliphatic rings. The van der Waals surface area contributed by atoms with E-state index in [0.29, 0.717) is 12.3 Å². The molecular weight excluding hydrogens is 546 g/mol. The molecule has 2 heterocycles. The monoisotopic (exact) mass is 589 g/mol. The fourth-order valence-corrected chi connectivity index (χ4v) is 6.77. The highest BCUT2D eigenvalue weighted by molar-refractivity contribution is 5.87. The predicted molar refractivity (Wildman–Crippen MR) is 180 cm³/mol. The molecule has 1 aromatic heterocycles. The topological polar surface area (TPSA) is 58.1 Å². The van der Waals surface area contributed by atoms with Crippen LogP contribution >= 0.6 is 0 Å². The minimum Gasteiger partial charge on any atom is -0.481 e. The number of aromatic nitrogens is 1. The summed E-state index contributed by atoms with van der Waals surface area (Å²) in [5.41, 5.74) is 3.63. The van der Waals surface area contributed by atoms with E-state index in [1.54, 1.807) is 7.11 Å². The molecule has 228 valence electrons. The summed E-state index contributed by atoms with van der Waals surface area (Å²) in [6.45, 7) is 4.15. The van der Waals surface area contributed by atoms with Crippen molar-refractivity contribution >= 4 is 27.4 Å². The third-order valence-electron chi connectivity index (χ3n) is 8.95. The van der Waals surface area contributed by atoms with Crippen LogP contribution in [0.25, 0.3) is 21.7 Å². The molecule has 5 aromatic rings. The summed E-state index contributed by atoms with van der Waals surface area (Å²) < 4.78 is 11.6. The number of anilines is 1. The summed E-state index contributed by atoms with van der Waals surface area (Å²) in [4.78, 5) is 9.59. The van der Waals surface area contributed by atoms with Crippen LogP contribution in [-0.4, -0.2) is 69.0 Å². The molecule has 1 aliphatic heterocycles. The lowest BCUT2D eigenvalue weighted by atomic mass is 9.70. The van der Waals surface area contributed by atoms with E-state index in [4.69, 9.17) is 14.5 Å². The summed E-state index contributed by atoms with van der Waals surface area (Å²) in [7, 11) is 5.87. The quantitative estimate of drug-likeness (QED) is 0.168. The third-order valence-corrected chi connectivity index (χ3v) is 8.95. The number of benzene rings is 4. The van der Waals surface area contributed by atoms with Crippen molar-refractivity contribution in [2.45, 2.75) is 30.8 Å². The van der Waals surface area contributed by atoms with Crippen LogP contribution in [0.15, 0.2) is 97.1 Å². The van der Waals surface area contributed by atoms with E-state index in [2.05, 4.69) is 115 Å². The first-order chi connectivity index (χ1) is 21.5. The van der Waals surface area contributed by atoms with Crippen molar-refractivity contribution < 1.29 is 14.6 Å². The first kappa shape index (κ1) is 30.1. The average Bonchev–Trinajstić information content (AvgIpc) is 3.06. The molecule has 0 amide bonds. The normalized spacial score (nSPS) is 15.9. The lowest BCUT2D eigenvalue weighted by molar-refractivity contribution is 0.00821. The zero-order chi connectivity index (χ0) is 30.5. The zero-order valence-corrected chi connectivity index (χ0v) is 26.1. The van der Waals surface area contributed by atoms with Crippen LogP contribution in [0.2, 0.25) is 0 Å². The Morgan fingerprint density at radius 3 is 2.41 bits per heavy atom. The van der Waals surface area contributed by atoms with Gasteiger partial charge in [-0.1, -0.05) is 72.8 Å². The van der Waals surface area contributed by atoms with E-state index in [-0.39, 0.29) is 0 Å². The highest BCUT2D eigenvalue weighted by atomic mass is 16.5. The molecule has 2 unspecified atom stereocenters. The van der Waals surface area contributed by atoms with Gasteiger partial charge in [-0.05, 0) is 86.1 Å². The number of nitrogens with zero attached hydrogens (tertiary/aromatic N) is 3. The molecule has 1 fully saturated rings. The van der Waals surface area contributed by atoms with Crippen molar-refractivity contribution in [3.63, 3.8) is 0 Å². The van der Waals surface area contributed by atoms with Crippen molar-refractivity contribution in [3.05, 3.63) is 114 Å². The smallest absolute Gasteiger partial charge is 0.217 e. The lowest BCUT2D eigenvalue weighted by Gasteiger charge is -2.39. The molecule has 0 spiro atoms. The molecule has 1 N–H and O–H groups in total. The van der Waals surface area contributed by atoms with E-state index in [1.807, 2.05) is 6.07 Å². The summed E-state index contributed by atoms with van der Waals surface area (Å²) in [5, 5.41) is 16.5. The fraction of sp³-hybridized carbons (Fsp3) is 0.342. The van der Waals surface area contributed by atoms with Crippen molar-refractivity contribution in [1.82, 2.24) is 9.88 Å². The Bertz CT molecular complexity index is 1700. The molecule has 0 saturated carbocycles. The number of rotatable bonds is 11. The van der Waals surface area contributed by atoms with Crippen molar-refractivity contribution in [2.24, 2.45) is 0 Å². The Morgan fingerprint density at radius 2 is 1.64 bits per heavy atom. The average molecular weight is 590 g/mol. The van der Waals surface area contributed by atoms with Crippen LogP contribution in [0, 0.1) is 0 Å². The van der Waals surface area contributed by atoms with Gasteiger partial charge in [-0.25, -0.2) is 4.98 Å². The fourth-order valence-electron chi connectivity index (χ4n) is 6.77. The largest absolute Gasteiger partial charge is 0.481 e. The lowest BCUT2D eigenvalue weighted by Crippen LogP contribution is -2.36. The van der Waals surface area contributed by atoms with Gasteiger partial charge in [0.1, 0.15) is 5.60 Å². The number of aliphatic hydroxyl groups is 1. The SMILES string of the molecule is COc1nc2ccc(N3CCOCC3)cc2cc1C(c1ccccc1)C(O)(CCCCN(C)C)c1cccc2ccccc12. The first-order valence-electron chi connectivity index (χ1n) is 15.7. The Kier molecular flexibility index (Phi) is 9.12. The van der Waals surface area contributed by atoms with Crippen LogP contribution in [0.5, 0.6) is 5.88 Å². The van der Waals surface area contributed by atoms with Crippen LogP contribution in [0.3, 0.4) is 0 Å². The molecule has 0 bridgehead atoms. The number of fused-ring (bicyclic) bond motifs is 2. The maximum atomic E-state index is 13.3. The van der Waals surface area contributed by atoms with Gasteiger partial charge in [0, 0.05) is 35.6 Å². The van der Waals surface area contributed by atoms with Gasteiger partial charge < -0.3 is 24.4 Å². The Hall–Kier alpha value is -3.97. The Balaban J connectivity index is 1.56. The molecule has 6 nitrogen and oxygen atoms in total. The second-order valence-electron chi connectivity index (χ2n) is 12.1. The molecule has 4 aromatic carbocycles. The van der Waals surface area contributed by atoms with Crippen LogP contribution in [0.1, 0.15) is 41.9 Å². The number of hydrogen-bond donors (Lipinski definition) is 1. The van der Waals surface area contributed by atoms with E-state index in [1.165, 1.54) is 0 Å². The molecule has 0 radical (unpaired) electrons. The van der Waals surface area contributed by atoms with Crippen molar-refractivity contribution in [1.29, 1.82) is 0 Å². The molecule has 44 heavy (non-hydrogen) atoms. The maximum Gasteiger partial charge on any atom is 0.217 e. The van der Waals surface area contributed by atoms with Gasteiger partial charge in [-0.2, -0.15) is 0 Å². The highest BCUT2D eigenvalue weighted by Crippen LogP contribution is 2.49. The Morgan fingerprint density at radius 1 is 0.886 bits per heavy atom. The number of morpholine rings is 1. The second-order valence-corrected chi connectivity index (χ2v) is 12.1. The van der Waals surface area contributed by atoms with E-state index < -0.39 is 11.5 Å². The highest BCUT2D eigenvalue weighted by Gasteiger charge is 2.43. The Labute approximate surface area is 260 Å². The second kappa shape index (κ2) is 13.3. The molecule has 6 heteroatoms. The predicted octanol–water partition coefficient (Wildman–Crippen LogP) is 6.98. The summed E-state index contributed by atoms with van der Waals surface area (Å²) in [5.74, 6) is 0.116. The summed E-state index contributed by atoms with van der Waals surface area (Å²) in [6.07, 6.45) is 2.44. The zero-order valence-electron chi connectivity index (χ0n) is 26.1. The summed E-state index contributed by atoms with van der Waals surface area (Å²) in [6, 6.07) is 33.6. The number of hydrogen-bond acceptors (Lipinski definition) is 6. The summed E-state index contributed by atoms with van der Waals surface area (Å²) >= 11 is 0. The van der Waals surface area contributed by atoms with Gasteiger partial charge in [0.05, 0.1) is 25.8 Å². The maximum absolute atomic E-state index is 13.3. The van der Waals surface area contributed by atoms with Crippen LogP contribution < -0.4 is 9.64 Å². The van der Waals surface area contributed by atoms with E-state index in [9.17, 15) is 5.11 Å². The van der Waals surface area contributed by atoms with Gasteiger partial charge in [-0.3, -0.25) is 0 Å². The molecule has 6 rings (SSSR count). The third kappa shape index (κ3) is 6.16. The minimum absolute atomic E-state index is 0.423. The first-order valence-corrected chi connectivity index (χ1v) is 15.7. The number of methoxy groups -OCH3 is 1. The van der Waals surface area contributed by atoms with Gasteiger partial charge in [0.15, 0.2) is 0 Å². The number of unbranched alkanes of at least 4 members (excludes halogenated alkanes) is 1. The van der Waals surface area contributed by atoms with E-state index in [0.717, 1.165) is 89.7 Å². The van der Waals surface area contributed by atoms with Crippen molar-refractivity contribution in [3.8, 4) is 5.88 Å². The number of ether oxygens (including phenoxy) is 2. The molecule has 0 aliphatic carbocycles. The molecule has 1 saturated heterocycles. The van der Waals surface area contributed by atoms with Gasteiger partial charge in [-0.15, -0.1) is 0 Å². The van der Waals surface area contributed by atoms with Gasteiger partial charge in [0.25, 0.3) is 0 Å². The standard InChI is InChI=1S/C38H43N3O3/c1-40(2)21-10-9-20-38(42,34-17-11-15-28-12-7-8-16-32(28)34)36(29-13-5-4-6-14-29)33-27-30-26-31(41-22-24-44-25-23-41)18-19-35(30)39-37(33)43-3/h4-8,11-19,26-27,36,42H,9-10,20-25H2,1-3H3. The van der Waals surface area contributed by atoms with Crippen LogP contribution in [0.4, 0.5) is 5.69 Å². The van der Waals surface area contributed by atoms with Gasteiger partial charge >= 0.3 is 0 Å². The van der Waals surface area contributed by atoms with E-state index >= 15 is 0 Å². The number of pyridine rings is 1. The minimum atomic E-state index is -1.24. The molecule has 2 atom stereocenters.